The topological polar surface area (TPSA) is 78.4 Å². The van der Waals surface area contributed by atoms with Crippen LogP contribution in [-0.2, 0) is 4.79 Å². The molecule has 5 nitrogen and oxygen atoms in total. The summed E-state index contributed by atoms with van der Waals surface area (Å²) in [6.45, 7) is 8.71. The van der Waals surface area contributed by atoms with Gasteiger partial charge in [-0.2, -0.15) is 0 Å². The molecule has 1 aliphatic carbocycles. The summed E-state index contributed by atoms with van der Waals surface area (Å²) in [5, 5.41) is 14.6. The average Bonchev–Trinajstić information content (AvgIpc) is 2.70. The summed E-state index contributed by atoms with van der Waals surface area (Å²) in [4.78, 5) is 22.8. The zero-order valence-electron chi connectivity index (χ0n) is 13.0. The van der Waals surface area contributed by atoms with Crippen LogP contribution in [0.5, 0.6) is 0 Å². The molecule has 0 aromatic heterocycles. The molecule has 0 radical (unpaired) electrons. The fourth-order valence-corrected chi connectivity index (χ4v) is 2.71. The maximum absolute atomic E-state index is 11.9. The van der Waals surface area contributed by atoms with Crippen LogP contribution in [0.1, 0.15) is 53.4 Å². The molecule has 0 aromatic rings. The lowest BCUT2D eigenvalue weighted by Gasteiger charge is -2.30. The standard InChI is InChI=1S/C15H28N2O3/c1-10-5-6-11(7-10)9-16-14(20)17-12(8-13(18)19)15(2,3)4/h10-12H,5-9H2,1-4H3,(H,18,19)(H2,16,17,20). The summed E-state index contributed by atoms with van der Waals surface area (Å²) in [5.41, 5.74) is -0.280. The van der Waals surface area contributed by atoms with Crippen LogP contribution in [0.4, 0.5) is 4.79 Å². The molecule has 0 saturated heterocycles. The first-order chi connectivity index (χ1) is 9.18. The third kappa shape index (κ3) is 5.80. The summed E-state index contributed by atoms with van der Waals surface area (Å²) >= 11 is 0. The Bertz CT molecular complexity index is 350. The van der Waals surface area contributed by atoms with Crippen LogP contribution in [0.15, 0.2) is 0 Å². The number of amides is 2. The van der Waals surface area contributed by atoms with Crippen molar-refractivity contribution in [1.29, 1.82) is 0 Å². The number of hydrogen-bond acceptors (Lipinski definition) is 2. The van der Waals surface area contributed by atoms with E-state index in [1.54, 1.807) is 0 Å². The minimum atomic E-state index is -0.894. The van der Waals surface area contributed by atoms with E-state index in [2.05, 4.69) is 17.6 Å². The normalized spacial score (nSPS) is 24.2. The molecule has 3 unspecified atom stereocenters. The molecule has 0 aliphatic heterocycles. The van der Waals surface area contributed by atoms with Gasteiger partial charge in [-0.3, -0.25) is 4.79 Å². The molecule has 116 valence electrons. The zero-order valence-corrected chi connectivity index (χ0v) is 13.0. The molecule has 0 aromatic carbocycles. The highest BCUT2D eigenvalue weighted by Gasteiger charge is 2.29. The third-order valence-electron chi connectivity index (χ3n) is 4.08. The molecule has 3 N–H and O–H groups in total. The van der Waals surface area contributed by atoms with Crippen LogP contribution in [0.3, 0.4) is 0 Å². The molecule has 0 bridgehead atoms. The molecule has 3 atom stereocenters. The molecule has 1 aliphatic rings. The van der Waals surface area contributed by atoms with Gasteiger partial charge in [-0.1, -0.05) is 34.1 Å². The van der Waals surface area contributed by atoms with Gasteiger partial charge in [-0.05, 0) is 30.1 Å². The molecule has 1 saturated carbocycles. The van der Waals surface area contributed by atoms with E-state index in [-0.39, 0.29) is 23.9 Å². The van der Waals surface area contributed by atoms with E-state index in [0.717, 1.165) is 12.3 Å². The van der Waals surface area contributed by atoms with Crippen molar-refractivity contribution in [3.05, 3.63) is 0 Å². The summed E-state index contributed by atoms with van der Waals surface area (Å²) in [7, 11) is 0. The minimum Gasteiger partial charge on any atom is -0.481 e. The second-order valence-electron chi connectivity index (χ2n) is 7.16. The van der Waals surface area contributed by atoms with E-state index in [9.17, 15) is 9.59 Å². The van der Waals surface area contributed by atoms with Gasteiger partial charge in [-0.15, -0.1) is 0 Å². The predicted molar refractivity (Wildman–Crippen MR) is 78.5 cm³/mol. The molecule has 1 fully saturated rings. The number of hydrogen-bond donors (Lipinski definition) is 3. The van der Waals surface area contributed by atoms with Gasteiger partial charge in [0.05, 0.1) is 6.42 Å². The quantitative estimate of drug-likeness (QED) is 0.726. The van der Waals surface area contributed by atoms with Crippen LogP contribution in [0, 0.1) is 17.3 Å². The number of rotatable bonds is 5. The monoisotopic (exact) mass is 284 g/mol. The van der Waals surface area contributed by atoms with Crippen LogP contribution in [-0.4, -0.2) is 29.7 Å². The highest BCUT2D eigenvalue weighted by Crippen LogP contribution is 2.29. The van der Waals surface area contributed by atoms with E-state index in [0.29, 0.717) is 12.5 Å². The van der Waals surface area contributed by atoms with Crippen molar-refractivity contribution in [2.24, 2.45) is 17.3 Å². The highest BCUT2D eigenvalue weighted by molar-refractivity contribution is 5.75. The number of nitrogens with one attached hydrogen (secondary N) is 2. The first-order valence-corrected chi connectivity index (χ1v) is 7.44. The Kier molecular flexibility index (Phi) is 5.84. The fourth-order valence-electron chi connectivity index (χ4n) is 2.71. The van der Waals surface area contributed by atoms with Crippen molar-refractivity contribution in [3.63, 3.8) is 0 Å². The van der Waals surface area contributed by atoms with Gasteiger partial charge in [0.25, 0.3) is 0 Å². The fraction of sp³-hybridized carbons (Fsp3) is 0.867. The van der Waals surface area contributed by atoms with E-state index < -0.39 is 5.97 Å². The summed E-state index contributed by atoms with van der Waals surface area (Å²) in [6, 6.07) is -0.631. The molecular formula is C15H28N2O3. The Balaban J connectivity index is 2.39. The van der Waals surface area contributed by atoms with Crippen LogP contribution in [0.25, 0.3) is 0 Å². The first-order valence-electron chi connectivity index (χ1n) is 7.44. The van der Waals surface area contributed by atoms with E-state index in [1.807, 2.05) is 20.8 Å². The average molecular weight is 284 g/mol. The zero-order chi connectivity index (χ0) is 15.3. The maximum atomic E-state index is 11.9. The lowest BCUT2D eigenvalue weighted by Crippen LogP contribution is -2.49. The predicted octanol–water partition coefficient (Wildman–Crippen LogP) is 2.61. The summed E-state index contributed by atoms with van der Waals surface area (Å²) in [6.07, 6.45) is 3.51. The van der Waals surface area contributed by atoms with Crippen molar-refractivity contribution in [1.82, 2.24) is 10.6 Å². The van der Waals surface area contributed by atoms with Crippen molar-refractivity contribution >= 4 is 12.0 Å². The van der Waals surface area contributed by atoms with Crippen molar-refractivity contribution in [2.45, 2.75) is 59.4 Å². The van der Waals surface area contributed by atoms with Gasteiger partial charge in [0.15, 0.2) is 0 Å². The highest BCUT2D eigenvalue weighted by atomic mass is 16.4. The van der Waals surface area contributed by atoms with Gasteiger partial charge in [-0.25, -0.2) is 4.79 Å². The lowest BCUT2D eigenvalue weighted by molar-refractivity contribution is -0.138. The molecule has 2 amide bonds. The molecule has 5 heteroatoms. The number of urea groups is 1. The molecule has 20 heavy (non-hydrogen) atoms. The van der Waals surface area contributed by atoms with Crippen molar-refractivity contribution < 1.29 is 14.7 Å². The van der Waals surface area contributed by atoms with Gasteiger partial charge in [0.2, 0.25) is 0 Å². The number of carboxylic acids is 1. The van der Waals surface area contributed by atoms with Gasteiger partial charge >= 0.3 is 12.0 Å². The van der Waals surface area contributed by atoms with Crippen LogP contribution < -0.4 is 10.6 Å². The smallest absolute Gasteiger partial charge is 0.315 e. The van der Waals surface area contributed by atoms with Crippen LogP contribution in [0.2, 0.25) is 0 Å². The lowest BCUT2D eigenvalue weighted by atomic mass is 9.85. The summed E-state index contributed by atoms with van der Waals surface area (Å²) in [5.74, 6) is 0.414. The number of carbonyl (C=O) groups is 2. The largest absolute Gasteiger partial charge is 0.481 e. The number of carbonyl (C=O) groups excluding carboxylic acids is 1. The Morgan fingerprint density at radius 2 is 1.95 bits per heavy atom. The van der Waals surface area contributed by atoms with Crippen molar-refractivity contribution in [2.75, 3.05) is 6.54 Å². The second kappa shape index (κ2) is 6.95. The Hall–Kier alpha value is -1.26. The first kappa shape index (κ1) is 16.8. The molecular weight excluding hydrogens is 256 g/mol. The maximum Gasteiger partial charge on any atom is 0.315 e. The Morgan fingerprint density at radius 1 is 1.30 bits per heavy atom. The van der Waals surface area contributed by atoms with E-state index in [1.165, 1.54) is 12.8 Å². The third-order valence-corrected chi connectivity index (χ3v) is 4.08. The van der Waals surface area contributed by atoms with Gasteiger partial charge in [0.1, 0.15) is 0 Å². The molecule has 0 heterocycles. The second-order valence-corrected chi connectivity index (χ2v) is 7.16. The minimum absolute atomic E-state index is 0.0582. The molecule has 1 rings (SSSR count). The Labute approximate surface area is 121 Å². The van der Waals surface area contributed by atoms with E-state index >= 15 is 0 Å². The van der Waals surface area contributed by atoms with Crippen molar-refractivity contribution in [3.8, 4) is 0 Å². The van der Waals surface area contributed by atoms with Gasteiger partial charge in [0, 0.05) is 12.6 Å². The number of carboxylic acid groups (broad SMARTS) is 1. The SMILES string of the molecule is CC1CCC(CNC(=O)NC(CC(=O)O)C(C)(C)C)C1. The van der Waals surface area contributed by atoms with Gasteiger partial charge < -0.3 is 15.7 Å². The van der Waals surface area contributed by atoms with Crippen LogP contribution >= 0.6 is 0 Å². The molecule has 0 spiro atoms. The summed E-state index contributed by atoms with van der Waals surface area (Å²) < 4.78 is 0. The van der Waals surface area contributed by atoms with E-state index in [4.69, 9.17) is 5.11 Å². The number of aliphatic carboxylic acids is 1. The Morgan fingerprint density at radius 3 is 2.40 bits per heavy atom.